The molecule has 2 aliphatic heterocycles. The molecule has 2 aliphatic rings. The van der Waals surface area contributed by atoms with E-state index in [1.807, 2.05) is 32.9 Å². The molecule has 3 atom stereocenters. The van der Waals surface area contributed by atoms with Crippen molar-refractivity contribution in [2.24, 2.45) is 5.92 Å². The van der Waals surface area contributed by atoms with E-state index in [1.165, 1.54) is 0 Å². The minimum absolute atomic E-state index is 0.0207. The molecular weight excluding hydrogens is 347 g/mol. The number of hydrogen-bond acceptors (Lipinski definition) is 6. The lowest BCUT2D eigenvalue weighted by Gasteiger charge is -2.53. The van der Waals surface area contributed by atoms with Gasteiger partial charge in [-0.2, -0.15) is 0 Å². The van der Waals surface area contributed by atoms with Gasteiger partial charge in [0, 0.05) is 18.5 Å². The van der Waals surface area contributed by atoms with Gasteiger partial charge >= 0.3 is 7.12 Å². The summed E-state index contributed by atoms with van der Waals surface area (Å²) in [5.41, 5.74) is 0.624. The Morgan fingerprint density at radius 3 is 2.93 bits per heavy atom. The standard InChI is InChI=1S/C19H29BN2O5/c1-4-6-16(23)22-15-10-21-19(15)9-13-7-5-8-14(17(13)27-20(19)25)18(24)26-11-12(2)3/h5,7-8,12,15,18,21,24-25H,4,6,9-11H2,1-3H3,(H,22,23). The monoisotopic (exact) mass is 376 g/mol. The predicted octanol–water partition coefficient (Wildman–Crippen LogP) is 0.932. The SMILES string of the molecule is CCCC(=O)NC1CNC12Cc1cccc(C(O)OCC(C)C)c1OB2O. The van der Waals surface area contributed by atoms with Crippen molar-refractivity contribution < 1.29 is 24.3 Å². The van der Waals surface area contributed by atoms with Crippen molar-refractivity contribution in [1.82, 2.24) is 10.6 Å². The minimum Gasteiger partial charge on any atom is -0.534 e. The Hall–Kier alpha value is -1.61. The van der Waals surface area contributed by atoms with E-state index in [0.29, 0.717) is 43.2 Å². The summed E-state index contributed by atoms with van der Waals surface area (Å²) < 4.78 is 11.3. The topological polar surface area (TPSA) is 100 Å². The number of fused-ring (bicyclic) bond motifs is 1. The number of ether oxygens (including phenoxy) is 1. The molecular formula is C19H29BN2O5. The molecule has 2 heterocycles. The van der Waals surface area contributed by atoms with Gasteiger partial charge in [0.1, 0.15) is 5.75 Å². The molecule has 148 valence electrons. The first-order valence-electron chi connectivity index (χ1n) is 9.68. The highest BCUT2D eigenvalue weighted by molar-refractivity contribution is 6.49. The van der Waals surface area contributed by atoms with E-state index in [-0.39, 0.29) is 11.9 Å². The Bertz CT molecular complexity index is 686. The first kappa shape index (κ1) is 20.1. The maximum absolute atomic E-state index is 12.0. The van der Waals surface area contributed by atoms with Crippen LogP contribution in [-0.2, 0) is 16.0 Å². The minimum atomic E-state index is -1.14. The van der Waals surface area contributed by atoms with Crippen LogP contribution in [0.3, 0.4) is 0 Å². The molecule has 0 radical (unpaired) electrons. The highest BCUT2D eigenvalue weighted by Crippen LogP contribution is 2.40. The highest BCUT2D eigenvalue weighted by atomic mass is 16.6. The van der Waals surface area contributed by atoms with Crippen molar-refractivity contribution in [2.75, 3.05) is 13.2 Å². The third-order valence-corrected chi connectivity index (χ3v) is 5.20. The van der Waals surface area contributed by atoms with Crippen LogP contribution in [0.4, 0.5) is 0 Å². The van der Waals surface area contributed by atoms with Crippen molar-refractivity contribution in [1.29, 1.82) is 0 Å². The maximum Gasteiger partial charge on any atom is 0.546 e. The third kappa shape index (κ3) is 3.99. The van der Waals surface area contributed by atoms with Gasteiger partial charge in [0.05, 0.1) is 18.1 Å². The molecule has 7 nitrogen and oxygen atoms in total. The number of benzene rings is 1. The summed E-state index contributed by atoms with van der Waals surface area (Å²) in [6.45, 7) is 6.98. The molecule has 1 amide bonds. The normalized spacial score (nSPS) is 25.0. The van der Waals surface area contributed by atoms with E-state index in [4.69, 9.17) is 9.39 Å². The summed E-state index contributed by atoms with van der Waals surface area (Å²) in [6, 6.07) is 5.29. The van der Waals surface area contributed by atoms with Crippen molar-refractivity contribution in [3.63, 3.8) is 0 Å². The van der Waals surface area contributed by atoms with E-state index in [0.717, 1.165) is 12.0 Å². The number of para-hydroxylation sites is 1. The van der Waals surface area contributed by atoms with Crippen LogP contribution in [0.15, 0.2) is 18.2 Å². The molecule has 3 unspecified atom stereocenters. The maximum atomic E-state index is 12.0. The second-order valence-electron chi connectivity index (χ2n) is 7.85. The van der Waals surface area contributed by atoms with Crippen molar-refractivity contribution >= 4 is 13.0 Å². The van der Waals surface area contributed by atoms with Gasteiger partial charge < -0.3 is 30.2 Å². The number of carbonyl (C=O) groups is 1. The lowest BCUT2D eigenvalue weighted by molar-refractivity contribution is -0.123. The fourth-order valence-corrected chi connectivity index (χ4v) is 3.66. The predicted molar refractivity (Wildman–Crippen MR) is 102 cm³/mol. The molecule has 0 aliphatic carbocycles. The molecule has 1 saturated heterocycles. The fourth-order valence-electron chi connectivity index (χ4n) is 3.66. The van der Waals surface area contributed by atoms with Gasteiger partial charge in [-0.25, -0.2) is 0 Å². The van der Waals surface area contributed by atoms with E-state index in [9.17, 15) is 14.9 Å². The highest BCUT2D eigenvalue weighted by Gasteiger charge is 2.60. The molecule has 3 rings (SSSR count). The molecule has 1 fully saturated rings. The van der Waals surface area contributed by atoms with Crippen molar-refractivity contribution in [2.45, 2.75) is 57.8 Å². The summed E-state index contributed by atoms with van der Waals surface area (Å²) in [4.78, 5) is 12.0. The van der Waals surface area contributed by atoms with Gasteiger partial charge in [-0.15, -0.1) is 0 Å². The summed E-state index contributed by atoms with van der Waals surface area (Å²) in [5, 5.41) is 27.3. The molecule has 8 heteroatoms. The Morgan fingerprint density at radius 1 is 1.52 bits per heavy atom. The van der Waals surface area contributed by atoms with Gasteiger partial charge in [0.25, 0.3) is 0 Å². The van der Waals surface area contributed by atoms with Gasteiger partial charge in [0.15, 0.2) is 6.29 Å². The molecule has 1 aromatic carbocycles. The van der Waals surface area contributed by atoms with E-state index in [1.54, 1.807) is 6.07 Å². The Morgan fingerprint density at radius 2 is 2.30 bits per heavy atom. The van der Waals surface area contributed by atoms with Crippen LogP contribution in [0, 0.1) is 5.92 Å². The summed E-state index contributed by atoms with van der Waals surface area (Å²) in [7, 11) is -1.14. The smallest absolute Gasteiger partial charge is 0.534 e. The first-order valence-corrected chi connectivity index (χ1v) is 9.68. The van der Waals surface area contributed by atoms with Gasteiger partial charge in [-0.1, -0.05) is 39.0 Å². The number of rotatable bonds is 7. The largest absolute Gasteiger partial charge is 0.546 e. The second kappa shape index (κ2) is 8.18. The second-order valence-corrected chi connectivity index (χ2v) is 7.85. The lowest BCUT2D eigenvalue weighted by atomic mass is 9.52. The third-order valence-electron chi connectivity index (χ3n) is 5.20. The van der Waals surface area contributed by atoms with Crippen LogP contribution in [0.2, 0.25) is 0 Å². The molecule has 4 N–H and O–H groups in total. The average molecular weight is 376 g/mol. The molecule has 1 aromatic rings. The van der Waals surface area contributed by atoms with Gasteiger partial charge in [0.2, 0.25) is 5.91 Å². The quantitative estimate of drug-likeness (QED) is 0.417. The van der Waals surface area contributed by atoms with E-state index < -0.39 is 18.8 Å². The van der Waals surface area contributed by atoms with E-state index >= 15 is 0 Å². The number of carbonyl (C=O) groups excluding carboxylic acids is 1. The number of aliphatic hydroxyl groups is 1. The average Bonchev–Trinajstić information content (AvgIpc) is 2.62. The molecule has 27 heavy (non-hydrogen) atoms. The van der Waals surface area contributed by atoms with Crippen LogP contribution < -0.4 is 15.3 Å². The molecule has 0 aromatic heterocycles. The zero-order valence-corrected chi connectivity index (χ0v) is 16.2. The number of amides is 1. The summed E-state index contributed by atoms with van der Waals surface area (Å²) >= 11 is 0. The number of hydrogen-bond donors (Lipinski definition) is 4. The van der Waals surface area contributed by atoms with E-state index in [2.05, 4.69) is 10.6 Å². The Balaban J connectivity index is 1.78. The van der Waals surface area contributed by atoms with Gasteiger partial charge in [-0.3, -0.25) is 4.79 Å². The Kier molecular flexibility index (Phi) is 6.10. The zero-order chi connectivity index (χ0) is 19.6. The van der Waals surface area contributed by atoms with Crippen LogP contribution in [-0.4, -0.2) is 47.8 Å². The molecule has 0 bridgehead atoms. The van der Waals surface area contributed by atoms with Crippen LogP contribution in [0.25, 0.3) is 0 Å². The number of aliphatic hydroxyl groups excluding tert-OH is 1. The fraction of sp³-hybridized carbons (Fsp3) is 0.632. The Labute approximate surface area is 160 Å². The molecule has 0 saturated carbocycles. The van der Waals surface area contributed by atoms with Crippen LogP contribution in [0.5, 0.6) is 5.75 Å². The summed E-state index contributed by atoms with van der Waals surface area (Å²) in [6.07, 6.45) is 0.617. The van der Waals surface area contributed by atoms with Crippen LogP contribution >= 0.6 is 0 Å². The van der Waals surface area contributed by atoms with Crippen LogP contribution in [0.1, 0.15) is 51.0 Å². The zero-order valence-electron chi connectivity index (χ0n) is 16.2. The van der Waals surface area contributed by atoms with Crippen molar-refractivity contribution in [3.05, 3.63) is 29.3 Å². The number of nitrogens with one attached hydrogen (secondary N) is 2. The van der Waals surface area contributed by atoms with Gasteiger partial charge in [-0.05, 0) is 24.3 Å². The summed E-state index contributed by atoms with van der Waals surface area (Å²) in [5.74, 6) is 0.729. The molecule has 1 spiro atoms. The first-order chi connectivity index (χ1) is 12.9. The van der Waals surface area contributed by atoms with Crippen molar-refractivity contribution in [3.8, 4) is 5.75 Å². The lowest BCUT2D eigenvalue weighted by Crippen LogP contribution is -2.83.